The van der Waals surface area contributed by atoms with Crippen molar-refractivity contribution < 1.29 is 4.42 Å². The van der Waals surface area contributed by atoms with Gasteiger partial charge in [0.25, 0.3) is 0 Å². The van der Waals surface area contributed by atoms with Crippen LogP contribution in [0.3, 0.4) is 0 Å². The molecule has 0 saturated heterocycles. The number of rotatable bonds is 5. The van der Waals surface area contributed by atoms with Crippen molar-refractivity contribution in [2.45, 2.75) is 101 Å². The van der Waals surface area contributed by atoms with Crippen molar-refractivity contribution in [3.05, 3.63) is 175 Å². The van der Waals surface area contributed by atoms with Crippen molar-refractivity contribution in [1.82, 2.24) is 4.57 Å². The fourth-order valence-electron chi connectivity index (χ4n) is 16.1. The van der Waals surface area contributed by atoms with Crippen LogP contribution >= 0.6 is 0 Å². The molecule has 340 valence electrons. The largest absolute Gasteiger partial charge is 0.456 e. The molecule has 6 aliphatic rings. The quantitative estimate of drug-likeness (QED) is 0.161. The summed E-state index contributed by atoms with van der Waals surface area (Å²) < 4.78 is 9.52. The summed E-state index contributed by atoms with van der Waals surface area (Å²) in [5.74, 6) is 1.72. The lowest BCUT2D eigenvalue weighted by molar-refractivity contribution is 0.149. The van der Waals surface area contributed by atoms with E-state index in [4.69, 9.17) is 4.42 Å². The predicted octanol–water partition coefficient (Wildman–Crippen LogP) is 16.5. The lowest BCUT2D eigenvalue weighted by atomic mass is 9.43. The smallest absolute Gasteiger partial charge is 0.333 e. The minimum absolute atomic E-state index is 0.0605. The second-order valence-corrected chi connectivity index (χ2v) is 22.8. The molecule has 4 heteroatoms. The van der Waals surface area contributed by atoms with Gasteiger partial charge in [-0.1, -0.05) is 154 Å². The van der Waals surface area contributed by atoms with Gasteiger partial charge in [0, 0.05) is 44.2 Å². The molecule has 3 nitrogen and oxygen atoms in total. The maximum atomic E-state index is 6.79. The van der Waals surface area contributed by atoms with Gasteiger partial charge < -0.3 is 13.8 Å². The molecular formula is C66H57BN2O. The van der Waals surface area contributed by atoms with E-state index in [9.17, 15) is 0 Å². The van der Waals surface area contributed by atoms with Gasteiger partial charge in [-0.25, -0.2) is 0 Å². The van der Waals surface area contributed by atoms with Gasteiger partial charge in [0.15, 0.2) is 0 Å². The van der Waals surface area contributed by atoms with Crippen LogP contribution in [0.4, 0.5) is 11.4 Å². The summed E-state index contributed by atoms with van der Waals surface area (Å²) in [6.45, 7) is -0.0605. The molecule has 0 N–H and O–H groups in total. The first-order valence-corrected chi connectivity index (χ1v) is 26.9. The molecule has 4 heterocycles. The van der Waals surface area contributed by atoms with E-state index in [0.29, 0.717) is 5.41 Å². The number of hydrogen-bond donors (Lipinski definition) is 0. The average Bonchev–Trinajstić information content (AvgIpc) is 3.95. The van der Waals surface area contributed by atoms with Gasteiger partial charge in [-0.15, -0.1) is 0 Å². The van der Waals surface area contributed by atoms with Crippen molar-refractivity contribution in [2.24, 2.45) is 11.8 Å². The van der Waals surface area contributed by atoms with E-state index in [-0.39, 0.29) is 12.3 Å². The second kappa shape index (κ2) is 14.9. The topological polar surface area (TPSA) is 21.3 Å². The average molecular weight is 905 g/mol. The number of anilines is 2. The number of aromatic nitrogens is 1. The molecule has 2 aliphatic heterocycles. The number of hydrogen-bond acceptors (Lipinski definition) is 2. The van der Waals surface area contributed by atoms with Crippen LogP contribution in [0.2, 0.25) is 0 Å². The third kappa shape index (κ3) is 5.71. The van der Waals surface area contributed by atoms with E-state index in [0.717, 1.165) is 28.4 Å². The molecule has 0 atom stereocenters. The zero-order valence-corrected chi connectivity index (χ0v) is 40.0. The van der Waals surface area contributed by atoms with Crippen LogP contribution in [0.15, 0.2) is 168 Å². The van der Waals surface area contributed by atoms with Crippen molar-refractivity contribution in [3.8, 4) is 39.1 Å². The number of para-hydroxylation sites is 1. The number of nitrogens with zero attached hydrogens (tertiary/aromatic N) is 2. The minimum Gasteiger partial charge on any atom is -0.456 e. The Bertz CT molecular complexity index is 3750. The summed E-state index contributed by atoms with van der Waals surface area (Å²) in [7, 11) is 0. The number of benzene rings is 8. The Hall–Kier alpha value is -6.78. The summed E-state index contributed by atoms with van der Waals surface area (Å²) in [6.07, 6.45) is 19.0. The predicted molar refractivity (Wildman–Crippen MR) is 293 cm³/mol. The van der Waals surface area contributed by atoms with E-state index in [1.807, 2.05) is 0 Å². The lowest BCUT2D eigenvalue weighted by Crippen LogP contribution is -2.61. The molecular weight excluding hydrogens is 848 g/mol. The molecule has 4 saturated carbocycles. The van der Waals surface area contributed by atoms with Gasteiger partial charge in [-0.05, 0) is 172 Å². The van der Waals surface area contributed by atoms with E-state index >= 15 is 0 Å². The molecule has 4 fully saturated rings. The summed E-state index contributed by atoms with van der Waals surface area (Å²) >= 11 is 0. The Labute approximate surface area is 411 Å². The van der Waals surface area contributed by atoms with Gasteiger partial charge in [0.1, 0.15) is 11.2 Å². The highest BCUT2D eigenvalue weighted by atomic mass is 16.3. The number of furan rings is 1. The van der Waals surface area contributed by atoms with E-state index < -0.39 is 0 Å². The van der Waals surface area contributed by atoms with Gasteiger partial charge in [0.2, 0.25) is 0 Å². The zero-order valence-electron chi connectivity index (χ0n) is 40.0. The summed E-state index contributed by atoms with van der Waals surface area (Å²) in [4.78, 5) is 2.75. The van der Waals surface area contributed by atoms with Crippen LogP contribution in [0, 0.1) is 11.8 Å². The molecule has 10 aromatic rings. The Kier molecular flexibility index (Phi) is 8.50. The zero-order chi connectivity index (χ0) is 45.7. The molecule has 4 bridgehead atoms. The minimum atomic E-state index is -0.0605. The maximum Gasteiger partial charge on any atom is 0.333 e. The first-order valence-electron chi connectivity index (χ1n) is 26.9. The first kappa shape index (κ1) is 40.0. The van der Waals surface area contributed by atoms with E-state index in [2.05, 4.69) is 173 Å². The highest BCUT2D eigenvalue weighted by molar-refractivity contribution is 6.93. The monoisotopic (exact) mass is 904 g/mol. The maximum absolute atomic E-state index is 6.79. The molecule has 0 spiro atoms. The Morgan fingerprint density at radius 2 is 1.09 bits per heavy atom. The van der Waals surface area contributed by atoms with Crippen LogP contribution in [0.1, 0.15) is 101 Å². The van der Waals surface area contributed by atoms with Crippen molar-refractivity contribution in [2.75, 3.05) is 4.81 Å². The van der Waals surface area contributed by atoms with E-state index in [1.54, 1.807) is 11.1 Å². The Morgan fingerprint density at radius 3 is 1.80 bits per heavy atom. The highest BCUT2D eigenvalue weighted by Crippen LogP contribution is 2.55. The van der Waals surface area contributed by atoms with Crippen LogP contribution < -0.4 is 15.7 Å². The molecule has 0 radical (unpaired) electrons. The van der Waals surface area contributed by atoms with Crippen molar-refractivity contribution in [3.63, 3.8) is 0 Å². The molecule has 0 unspecified atom stereocenters. The van der Waals surface area contributed by atoms with Crippen molar-refractivity contribution >= 4 is 72.9 Å². The SMILES string of the molecule is c1ccc(-c2ccc(N3B4c5c(cc(-c6ccccc6)cc5-n5c6ccc(C78CCCC(CCC7)C8)cc6c6cc(C78CCCC(CCC7)C8)cc4c65)-c4cc5oc6ccccc6c5cc43)cc2)cc1. The number of fused-ring (bicyclic) bond motifs is 14. The van der Waals surface area contributed by atoms with Gasteiger partial charge >= 0.3 is 6.85 Å². The van der Waals surface area contributed by atoms with Crippen LogP contribution in [0.5, 0.6) is 0 Å². The molecule has 4 aliphatic carbocycles. The molecule has 8 aromatic carbocycles. The molecule has 2 aromatic heterocycles. The lowest BCUT2D eigenvalue weighted by Gasteiger charge is -2.47. The highest BCUT2D eigenvalue weighted by Gasteiger charge is 2.48. The summed E-state index contributed by atoms with van der Waals surface area (Å²) in [5, 5.41) is 5.25. The Balaban J connectivity index is 1.03. The second-order valence-electron chi connectivity index (χ2n) is 22.8. The van der Waals surface area contributed by atoms with E-state index in [1.165, 1.54) is 178 Å². The Morgan fingerprint density at radius 1 is 0.457 bits per heavy atom. The normalized spacial score (nSPS) is 23.3. The van der Waals surface area contributed by atoms with Crippen LogP contribution in [0.25, 0.3) is 82.8 Å². The van der Waals surface area contributed by atoms with Crippen molar-refractivity contribution in [1.29, 1.82) is 0 Å². The fraction of sp³-hybridized carbons (Fsp3) is 0.273. The summed E-state index contributed by atoms with van der Waals surface area (Å²) in [6, 6.07) is 63.4. The molecule has 0 amide bonds. The third-order valence-electron chi connectivity index (χ3n) is 19.2. The fourth-order valence-corrected chi connectivity index (χ4v) is 16.1. The third-order valence-corrected chi connectivity index (χ3v) is 19.2. The van der Waals surface area contributed by atoms with Crippen LogP contribution in [-0.2, 0) is 10.8 Å². The first-order chi connectivity index (χ1) is 34.6. The summed E-state index contributed by atoms with van der Waals surface area (Å²) in [5.41, 5.74) is 22.4. The van der Waals surface area contributed by atoms with Gasteiger partial charge in [-0.3, -0.25) is 0 Å². The van der Waals surface area contributed by atoms with Gasteiger partial charge in [-0.2, -0.15) is 0 Å². The standard InChI is InChI=1S/C66H57BN2O/c1-3-17-44(18-4-1)46-23-26-50(27-24-46)69-59-38-54-51-21-7-8-22-61(51)70-62(54)39-53(59)55-33-47(45-19-5-2-6-20-45)34-60-63(55)67(69)57-37-49(66-31-11-15-43(41-66)16-12-32-66)36-56-52-35-48(25-28-58(52)68(60)64(56)57)65-29-9-13-42(40-65)14-10-30-65/h1-8,17-28,33-39,42-43H,9-16,29-32,40-41H2. The molecule has 70 heavy (non-hydrogen) atoms. The van der Waals surface area contributed by atoms with Gasteiger partial charge in [0.05, 0.1) is 11.0 Å². The molecule has 16 rings (SSSR count). The van der Waals surface area contributed by atoms with Crippen LogP contribution in [-0.4, -0.2) is 11.4 Å².